The van der Waals surface area contributed by atoms with Crippen molar-refractivity contribution in [2.24, 2.45) is 5.92 Å². The molecule has 0 aromatic rings. The predicted molar refractivity (Wildman–Crippen MR) is 62.0 cm³/mol. The third-order valence-corrected chi connectivity index (χ3v) is 2.79. The average molecular weight is 195 g/mol. The maximum absolute atomic E-state index is 8.40. The number of hydrogen-bond donors (Lipinski definition) is 0. The van der Waals surface area contributed by atoms with Gasteiger partial charge in [-0.2, -0.15) is 5.26 Å². The molecule has 14 heavy (non-hydrogen) atoms. The fourth-order valence-electron chi connectivity index (χ4n) is 1.77. The van der Waals surface area contributed by atoms with Crippen LogP contribution in [0, 0.1) is 17.2 Å². The minimum Gasteiger partial charge on any atom is -0.198 e. The standard InChI is InChI=1S/C13H25N/c1-3-4-5-6-7-10-13(2)11-8-9-12-14/h13H,3-11H2,1-2H3. The largest absolute Gasteiger partial charge is 0.198 e. The Hall–Kier alpha value is -0.510. The van der Waals surface area contributed by atoms with Crippen molar-refractivity contribution in [3.8, 4) is 6.07 Å². The van der Waals surface area contributed by atoms with Crippen molar-refractivity contribution in [2.45, 2.75) is 71.6 Å². The van der Waals surface area contributed by atoms with Crippen LogP contribution in [-0.2, 0) is 0 Å². The van der Waals surface area contributed by atoms with Crippen molar-refractivity contribution >= 4 is 0 Å². The van der Waals surface area contributed by atoms with Crippen LogP contribution >= 0.6 is 0 Å². The summed E-state index contributed by atoms with van der Waals surface area (Å²) in [7, 11) is 0. The molecular formula is C13H25N. The van der Waals surface area contributed by atoms with E-state index in [1.807, 2.05) is 0 Å². The smallest absolute Gasteiger partial charge is 0.0621 e. The molecule has 0 saturated carbocycles. The molecule has 0 amide bonds. The minimum absolute atomic E-state index is 0.736. The third-order valence-electron chi connectivity index (χ3n) is 2.79. The van der Waals surface area contributed by atoms with Gasteiger partial charge in [0.2, 0.25) is 0 Å². The first-order valence-electron chi connectivity index (χ1n) is 6.18. The summed E-state index contributed by atoms with van der Waals surface area (Å²) < 4.78 is 0. The predicted octanol–water partition coefficient (Wildman–Crippen LogP) is 4.68. The minimum atomic E-state index is 0.736. The fraction of sp³-hybridized carbons (Fsp3) is 0.923. The molecule has 0 spiro atoms. The lowest BCUT2D eigenvalue weighted by atomic mass is 9.97. The molecule has 1 atom stereocenters. The molecular weight excluding hydrogens is 170 g/mol. The highest BCUT2D eigenvalue weighted by Gasteiger charge is 2.01. The Morgan fingerprint density at radius 2 is 1.64 bits per heavy atom. The second-order valence-corrected chi connectivity index (χ2v) is 4.36. The van der Waals surface area contributed by atoms with E-state index in [0.29, 0.717) is 0 Å². The summed E-state index contributed by atoms with van der Waals surface area (Å²) in [6.07, 6.45) is 11.3. The highest BCUT2D eigenvalue weighted by atomic mass is 14.2. The Balaban J connectivity index is 3.10. The molecule has 0 aliphatic heterocycles. The van der Waals surface area contributed by atoms with Crippen molar-refractivity contribution in [1.29, 1.82) is 5.26 Å². The van der Waals surface area contributed by atoms with Crippen LogP contribution in [0.1, 0.15) is 71.6 Å². The monoisotopic (exact) mass is 195 g/mol. The Labute approximate surface area is 89.5 Å². The molecule has 0 fully saturated rings. The number of rotatable bonds is 9. The van der Waals surface area contributed by atoms with E-state index in [2.05, 4.69) is 19.9 Å². The lowest BCUT2D eigenvalue weighted by Crippen LogP contribution is -1.94. The van der Waals surface area contributed by atoms with Gasteiger partial charge in [0, 0.05) is 6.42 Å². The van der Waals surface area contributed by atoms with Crippen LogP contribution in [-0.4, -0.2) is 0 Å². The zero-order chi connectivity index (χ0) is 10.6. The average Bonchev–Trinajstić information content (AvgIpc) is 2.18. The summed E-state index contributed by atoms with van der Waals surface area (Å²) in [5.74, 6) is 0.824. The number of nitrogens with zero attached hydrogens (tertiary/aromatic N) is 1. The van der Waals surface area contributed by atoms with E-state index in [-0.39, 0.29) is 0 Å². The summed E-state index contributed by atoms with van der Waals surface area (Å²) in [6.45, 7) is 4.57. The molecule has 0 N–H and O–H groups in total. The number of hydrogen-bond acceptors (Lipinski definition) is 1. The van der Waals surface area contributed by atoms with E-state index in [4.69, 9.17) is 5.26 Å². The molecule has 0 aliphatic rings. The van der Waals surface area contributed by atoms with Gasteiger partial charge in [0.1, 0.15) is 0 Å². The van der Waals surface area contributed by atoms with Crippen LogP contribution in [0.2, 0.25) is 0 Å². The van der Waals surface area contributed by atoms with Crippen LogP contribution in [0.25, 0.3) is 0 Å². The Bertz CT molecular complexity index is 146. The summed E-state index contributed by atoms with van der Waals surface area (Å²) >= 11 is 0. The van der Waals surface area contributed by atoms with Gasteiger partial charge >= 0.3 is 0 Å². The first-order chi connectivity index (χ1) is 6.81. The quantitative estimate of drug-likeness (QED) is 0.490. The van der Waals surface area contributed by atoms with Crippen LogP contribution in [0.5, 0.6) is 0 Å². The molecule has 0 radical (unpaired) electrons. The maximum Gasteiger partial charge on any atom is 0.0621 e. The summed E-state index contributed by atoms with van der Waals surface area (Å²) in [6, 6.07) is 2.21. The topological polar surface area (TPSA) is 23.8 Å². The molecule has 0 bridgehead atoms. The maximum atomic E-state index is 8.40. The van der Waals surface area contributed by atoms with Gasteiger partial charge in [-0.3, -0.25) is 0 Å². The molecule has 0 aliphatic carbocycles. The lowest BCUT2D eigenvalue weighted by molar-refractivity contribution is 0.447. The first-order valence-corrected chi connectivity index (χ1v) is 6.18. The van der Waals surface area contributed by atoms with Crippen molar-refractivity contribution < 1.29 is 0 Å². The van der Waals surface area contributed by atoms with E-state index in [0.717, 1.165) is 18.8 Å². The van der Waals surface area contributed by atoms with Crippen molar-refractivity contribution in [1.82, 2.24) is 0 Å². The second-order valence-electron chi connectivity index (χ2n) is 4.36. The van der Waals surface area contributed by atoms with E-state index in [9.17, 15) is 0 Å². The molecule has 0 aromatic carbocycles. The normalized spacial score (nSPS) is 12.4. The van der Waals surface area contributed by atoms with Crippen LogP contribution in [0.4, 0.5) is 0 Å². The first kappa shape index (κ1) is 13.5. The van der Waals surface area contributed by atoms with E-state index in [1.165, 1.54) is 44.9 Å². The molecule has 82 valence electrons. The van der Waals surface area contributed by atoms with Crippen LogP contribution in [0.15, 0.2) is 0 Å². The Morgan fingerprint density at radius 3 is 2.29 bits per heavy atom. The molecule has 0 saturated heterocycles. The number of unbranched alkanes of at least 4 members (excludes halogenated alkanes) is 5. The molecule has 0 rings (SSSR count). The van der Waals surface area contributed by atoms with Gasteiger partial charge < -0.3 is 0 Å². The zero-order valence-corrected chi connectivity index (χ0v) is 9.89. The van der Waals surface area contributed by atoms with Crippen LogP contribution < -0.4 is 0 Å². The van der Waals surface area contributed by atoms with Crippen molar-refractivity contribution in [3.63, 3.8) is 0 Å². The van der Waals surface area contributed by atoms with Crippen LogP contribution in [0.3, 0.4) is 0 Å². The lowest BCUT2D eigenvalue weighted by Gasteiger charge is -2.09. The number of nitriles is 1. The van der Waals surface area contributed by atoms with E-state index < -0.39 is 0 Å². The van der Waals surface area contributed by atoms with Gasteiger partial charge in [0.05, 0.1) is 6.07 Å². The molecule has 0 heterocycles. The summed E-state index contributed by atoms with van der Waals surface area (Å²) in [5, 5.41) is 8.40. The van der Waals surface area contributed by atoms with Gasteiger partial charge in [-0.05, 0) is 18.8 Å². The second kappa shape index (κ2) is 10.6. The summed E-state index contributed by atoms with van der Waals surface area (Å²) in [5.41, 5.74) is 0. The molecule has 0 aromatic heterocycles. The van der Waals surface area contributed by atoms with E-state index >= 15 is 0 Å². The highest BCUT2D eigenvalue weighted by Crippen LogP contribution is 2.16. The third kappa shape index (κ3) is 9.58. The van der Waals surface area contributed by atoms with Gasteiger partial charge in [-0.15, -0.1) is 0 Å². The van der Waals surface area contributed by atoms with Crippen molar-refractivity contribution in [2.75, 3.05) is 0 Å². The fourth-order valence-corrected chi connectivity index (χ4v) is 1.77. The van der Waals surface area contributed by atoms with Gasteiger partial charge in [0.25, 0.3) is 0 Å². The molecule has 1 unspecified atom stereocenters. The zero-order valence-electron chi connectivity index (χ0n) is 9.89. The van der Waals surface area contributed by atoms with Gasteiger partial charge in [0.15, 0.2) is 0 Å². The Kier molecular flexibility index (Phi) is 10.2. The summed E-state index contributed by atoms with van der Waals surface area (Å²) in [4.78, 5) is 0. The van der Waals surface area contributed by atoms with E-state index in [1.54, 1.807) is 0 Å². The molecule has 1 nitrogen and oxygen atoms in total. The Morgan fingerprint density at radius 1 is 1.00 bits per heavy atom. The van der Waals surface area contributed by atoms with Crippen molar-refractivity contribution in [3.05, 3.63) is 0 Å². The highest BCUT2D eigenvalue weighted by molar-refractivity contribution is 4.69. The molecule has 1 heteroatoms. The SMILES string of the molecule is CCCCCCCC(C)CCCC#N. The van der Waals surface area contributed by atoms with Gasteiger partial charge in [-0.25, -0.2) is 0 Å². The van der Waals surface area contributed by atoms with Gasteiger partial charge in [-0.1, -0.05) is 52.4 Å².